The van der Waals surface area contributed by atoms with E-state index in [1.54, 1.807) is 6.20 Å². The number of carboxylic acid groups (broad SMARTS) is 1. The molecule has 0 aliphatic heterocycles. The summed E-state index contributed by atoms with van der Waals surface area (Å²) in [6.45, 7) is 2.42. The lowest BCUT2D eigenvalue weighted by Crippen LogP contribution is -2.38. The van der Waals surface area contributed by atoms with E-state index in [9.17, 15) is 9.90 Å². The Balaban J connectivity index is 2.00. The van der Waals surface area contributed by atoms with E-state index in [0.29, 0.717) is 13.0 Å². The largest absolute Gasteiger partial charge is 0.480 e. The van der Waals surface area contributed by atoms with Gasteiger partial charge in [-0.3, -0.25) is 15.1 Å². The molecular formula is C16H18N2O2. The maximum absolute atomic E-state index is 11.3. The predicted octanol–water partition coefficient (Wildman–Crippen LogP) is 2.18. The van der Waals surface area contributed by atoms with E-state index in [1.807, 2.05) is 49.4 Å². The van der Waals surface area contributed by atoms with Gasteiger partial charge in [0.15, 0.2) is 0 Å². The van der Waals surface area contributed by atoms with Gasteiger partial charge in [-0.15, -0.1) is 0 Å². The number of nitrogens with zero attached hydrogens (tertiary/aromatic N) is 1. The zero-order chi connectivity index (χ0) is 14.4. The summed E-state index contributed by atoms with van der Waals surface area (Å²) in [5, 5.41) is 12.4. The van der Waals surface area contributed by atoms with Crippen molar-refractivity contribution in [2.45, 2.75) is 25.9 Å². The highest BCUT2D eigenvalue weighted by Gasteiger charge is 2.17. The summed E-state index contributed by atoms with van der Waals surface area (Å²) >= 11 is 0. The van der Waals surface area contributed by atoms with Crippen molar-refractivity contribution in [2.24, 2.45) is 0 Å². The number of aryl methyl sites for hydroxylation is 1. The highest BCUT2D eigenvalue weighted by atomic mass is 16.4. The predicted molar refractivity (Wildman–Crippen MR) is 77.4 cm³/mol. The second-order valence-electron chi connectivity index (χ2n) is 4.71. The number of hydrogen-bond donors (Lipinski definition) is 2. The van der Waals surface area contributed by atoms with Crippen LogP contribution in [0.4, 0.5) is 0 Å². The molecule has 20 heavy (non-hydrogen) atoms. The highest BCUT2D eigenvalue weighted by Crippen LogP contribution is 2.07. The van der Waals surface area contributed by atoms with E-state index >= 15 is 0 Å². The topological polar surface area (TPSA) is 62.2 Å². The van der Waals surface area contributed by atoms with E-state index in [0.717, 1.165) is 16.8 Å². The van der Waals surface area contributed by atoms with Gasteiger partial charge in [0.25, 0.3) is 0 Å². The van der Waals surface area contributed by atoms with Crippen LogP contribution in [0.2, 0.25) is 0 Å². The number of hydrogen-bond acceptors (Lipinski definition) is 3. The summed E-state index contributed by atoms with van der Waals surface area (Å²) in [4.78, 5) is 15.5. The fraction of sp³-hybridized carbons (Fsp3) is 0.250. The van der Waals surface area contributed by atoms with E-state index in [-0.39, 0.29) is 0 Å². The standard InChI is InChI=1S/C16H18N2O2/c1-12-14(8-5-9-17-12)11-18-15(16(19)20)10-13-6-3-2-4-7-13/h2-9,15,18H,10-11H2,1H3,(H,19,20)/t15-/m1/s1. The Bertz CT molecular complexity index is 570. The van der Waals surface area contributed by atoms with Gasteiger partial charge >= 0.3 is 5.97 Å². The molecule has 0 saturated heterocycles. The first kappa shape index (κ1) is 14.2. The van der Waals surface area contributed by atoms with Crippen LogP contribution in [0, 0.1) is 6.92 Å². The van der Waals surface area contributed by atoms with Gasteiger partial charge in [-0.2, -0.15) is 0 Å². The summed E-state index contributed by atoms with van der Waals surface area (Å²) < 4.78 is 0. The first-order valence-corrected chi connectivity index (χ1v) is 6.57. The van der Waals surface area contributed by atoms with Gasteiger partial charge in [0.2, 0.25) is 0 Å². The Kier molecular flexibility index (Phi) is 4.85. The normalized spacial score (nSPS) is 12.1. The molecule has 1 heterocycles. The van der Waals surface area contributed by atoms with E-state index < -0.39 is 12.0 Å². The third kappa shape index (κ3) is 3.90. The molecule has 0 bridgehead atoms. The van der Waals surface area contributed by atoms with Crippen molar-refractivity contribution < 1.29 is 9.90 Å². The maximum atomic E-state index is 11.3. The SMILES string of the molecule is Cc1ncccc1CN[C@H](Cc1ccccc1)C(=O)O. The number of aliphatic carboxylic acids is 1. The molecule has 0 saturated carbocycles. The lowest BCUT2D eigenvalue weighted by molar-refractivity contribution is -0.139. The van der Waals surface area contributed by atoms with Crippen molar-refractivity contribution >= 4 is 5.97 Å². The lowest BCUT2D eigenvalue weighted by Gasteiger charge is -2.15. The lowest BCUT2D eigenvalue weighted by atomic mass is 10.1. The molecule has 0 aliphatic carbocycles. The zero-order valence-corrected chi connectivity index (χ0v) is 11.4. The number of pyridine rings is 1. The van der Waals surface area contributed by atoms with Crippen LogP contribution >= 0.6 is 0 Å². The minimum atomic E-state index is -0.838. The van der Waals surface area contributed by atoms with E-state index in [4.69, 9.17) is 0 Å². The highest BCUT2D eigenvalue weighted by molar-refractivity contribution is 5.73. The van der Waals surface area contributed by atoms with E-state index in [2.05, 4.69) is 10.3 Å². The van der Waals surface area contributed by atoms with Crippen LogP contribution in [0.5, 0.6) is 0 Å². The van der Waals surface area contributed by atoms with Crippen LogP contribution in [-0.2, 0) is 17.8 Å². The first-order chi connectivity index (χ1) is 9.66. The van der Waals surface area contributed by atoms with Gasteiger partial charge in [0.05, 0.1) is 0 Å². The van der Waals surface area contributed by atoms with Crippen LogP contribution in [0.3, 0.4) is 0 Å². The van der Waals surface area contributed by atoms with Gasteiger partial charge in [-0.1, -0.05) is 36.4 Å². The number of aromatic nitrogens is 1. The Morgan fingerprint density at radius 1 is 1.25 bits per heavy atom. The molecule has 4 nitrogen and oxygen atoms in total. The number of rotatable bonds is 6. The Morgan fingerprint density at radius 2 is 2.00 bits per heavy atom. The molecule has 1 aromatic carbocycles. The van der Waals surface area contributed by atoms with Crippen molar-refractivity contribution in [3.63, 3.8) is 0 Å². The number of nitrogens with one attached hydrogen (secondary N) is 1. The summed E-state index contributed by atoms with van der Waals surface area (Å²) in [5.41, 5.74) is 2.95. The monoisotopic (exact) mass is 270 g/mol. The molecule has 2 rings (SSSR count). The number of benzene rings is 1. The molecule has 0 radical (unpaired) electrons. The van der Waals surface area contributed by atoms with Gasteiger partial charge in [-0.25, -0.2) is 0 Å². The fourth-order valence-corrected chi connectivity index (χ4v) is 2.03. The first-order valence-electron chi connectivity index (χ1n) is 6.57. The third-order valence-electron chi connectivity index (χ3n) is 3.24. The summed E-state index contributed by atoms with van der Waals surface area (Å²) in [6, 6.07) is 12.8. The molecule has 0 unspecified atom stereocenters. The van der Waals surface area contributed by atoms with Crippen LogP contribution < -0.4 is 5.32 Å². The molecule has 0 amide bonds. The van der Waals surface area contributed by atoms with Crippen LogP contribution in [-0.4, -0.2) is 22.1 Å². The molecule has 2 aromatic rings. The Hall–Kier alpha value is -2.20. The average molecular weight is 270 g/mol. The molecule has 2 N–H and O–H groups in total. The van der Waals surface area contributed by atoms with Crippen LogP contribution in [0.25, 0.3) is 0 Å². The van der Waals surface area contributed by atoms with Crippen molar-refractivity contribution in [1.29, 1.82) is 0 Å². The fourth-order valence-electron chi connectivity index (χ4n) is 2.03. The molecular weight excluding hydrogens is 252 g/mol. The number of carbonyl (C=O) groups is 1. The Labute approximate surface area is 118 Å². The molecule has 1 aromatic heterocycles. The maximum Gasteiger partial charge on any atom is 0.321 e. The summed E-state index contributed by atoms with van der Waals surface area (Å²) in [5.74, 6) is -0.838. The van der Waals surface area contributed by atoms with Crippen LogP contribution in [0.15, 0.2) is 48.7 Å². The molecule has 0 fully saturated rings. The van der Waals surface area contributed by atoms with Crippen molar-refractivity contribution in [3.05, 3.63) is 65.5 Å². The minimum Gasteiger partial charge on any atom is -0.480 e. The second kappa shape index (κ2) is 6.82. The average Bonchev–Trinajstić information content (AvgIpc) is 2.46. The van der Waals surface area contributed by atoms with Gasteiger partial charge in [0.1, 0.15) is 6.04 Å². The smallest absolute Gasteiger partial charge is 0.321 e. The third-order valence-corrected chi connectivity index (χ3v) is 3.24. The van der Waals surface area contributed by atoms with Crippen molar-refractivity contribution in [3.8, 4) is 0 Å². The summed E-state index contributed by atoms with van der Waals surface area (Å²) in [7, 11) is 0. The minimum absolute atomic E-state index is 0.468. The van der Waals surface area contributed by atoms with Crippen molar-refractivity contribution in [1.82, 2.24) is 10.3 Å². The quantitative estimate of drug-likeness (QED) is 0.844. The zero-order valence-electron chi connectivity index (χ0n) is 11.4. The van der Waals surface area contributed by atoms with Gasteiger partial charge < -0.3 is 5.11 Å². The van der Waals surface area contributed by atoms with Crippen LogP contribution in [0.1, 0.15) is 16.8 Å². The molecule has 4 heteroatoms. The van der Waals surface area contributed by atoms with E-state index in [1.165, 1.54) is 0 Å². The molecule has 1 atom stereocenters. The molecule has 0 aliphatic rings. The van der Waals surface area contributed by atoms with Gasteiger partial charge in [-0.05, 0) is 30.5 Å². The van der Waals surface area contributed by atoms with Crippen molar-refractivity contribution in [2.75, 3.05) is 0 Å². The second-order valence-corrected chi connectivity index (χ2v) is 4.71. The Morgan fingerprint density at radius 3 is 2.65 bits per heavy atom. The van der Waals surface area contributed by atoms with Gasteiger partial charge in [0, 0.05) is 18.4 Å². The summed E-state index contributed by atoms with van der Waals surface area (Å²) in [6.07, 6.45) is 2.20. The number of carboxylic acids is 1. The molecule has 104 valence electrons. The molecule has 0 spiro atoms.